The van der Waals surface area contributed by atoms with Gasteiger partial charge in [-0.2, -0.15) is 11.8 Å². The summed E-state index contributed by atoms with van der Waals surface area (Å²) in [6.07, 6.45) is 11.0. The second-order valence-electron chi connectivity index (χ2n) is 4.51. The van der Waals surface area contributed by atoms with Crippen molar-refractivity contribution in [3.05, 3.63) is 0 Å². The minimum atomic E-state index is -0.0417. The van der Waals surface area contributed by atoms with Gasteiger partial charge in [0.1, 0.15) is 0 Å². The number of hydrazine groups is 1. The van der Waals surface area contributed by atoms with Crippen LogP contribution in [0, 0.1) is 0 Å². The van der Waals surface area contributed by atoms with E-state index in [-0.39, 0.29) is 5.91 Å². The molecule has 1 fully saturated rings. The molecule has 3 nitrogen and oxygen atoms in total. The van der Waals surface area contributed by atoms with Crippen molar-refractivity contribution in [3.8, 4) is 0 Å². The molecule has 1 saturated carbocycles. The first-order valence-electron chi connectivity index (χ1n) is 6.44. The molecule has 0 atom stereocenters. The van der Waals surface area contributed by atoms with Crippen LogP contribution in [0.5, 0.6) is 0 Å². The molecular weight excluding hydrogens is 220 g/mol. The lowest BCUT2D eigenvalue weighted by Gasteiger charge is -2.20. The standard InChI is InChI=1S/C12H24N2OS/c13-14-12(15)9-5-2-6-10-16-11-7-3-1-4-8-11/h11H,1-10,13H2,(H,14,15). The first-order valence-corrected chi connectivity index (χ1v) is 7.49. The lowest BCUT2D eigenvalue weighted by atomic mass is 10.0. The van der Waals surface area contributed by atoms with Crippen molar-refractivity contribution in [2.45, 2.75) is 63.0 Å². The van der Waals surface area contributed by atoms with Crippen LogP contribution in [-0.4, -0.2) is 16.9 Å². The van der Waals surface area contributed by atoms with Crippen LogP contribution in [-0.2, 0) is 4.79 Å². The molecule has 0 aliphatic heterocycles. The van der Waals surface area contributed by atoms with Gasteiger partial charge in [-0.15, -0.1) is 0 Å². The summed E-state index contributed by atoms with van der Waals surface area (Å²) in [5.74, 6) is 6.22. The Morgan fingerprint density at radius 1 is 1.19 bits per heavy atom. The number of amides is 1. The Morgan fingerprint density at radius 3 is 2.62 bits per heavy atom. The van der Waals surface area contributed by atoms with E-state index >= 15 is 0 Å². The predicted molar refractivity (Wildman–Crippen MR) is 70.1 cm³/mol. The van der Waals surface area contributed by atoms with E-state index in [4.69, 9.17) is 5.84 Å². The maximum absolute atomic E-state index is 10.9. The number of thioether (sulfide) groups is 1. The van der Waals surface area contributed by atoms with Crippen LogP contribution in [0.15, 0.2) is 0 Å². The molecule has 1 aliphatic carbocycles. The van der Waals surface area contributed by atoms with Crippen molar-refractivity contribution < 1.29 is 4.79 Å². The van der Waals surface area contributed by atoms with E-state index in [2.05, 4.69) is 17.2 Å². The molecule has 0 aromatic heterocycles. The van der Waals surface area contributed by atoms with Gasteiger partial charge in [0.15, 0.2) is 0 Å². The number of nitrogens with one attached hydrogen (secondary N) is 1. The molecule has 4 heteroatoms. The third kappa shape index (κ3) is 6.38. The van der Waals surface area contributed by atoms with Crippen LogP contribution in [0.1, 0.15) is 57.8 Å². The van der Waals surface area contributed by atoms with Gasteiger partial charge in [0.25, 0.3) is 0 Å². The van der Waals surface area contributed by atoms with Gasteiger partial charge < -0.3 is 0 Å². The SMILES string of the molecule is NNC(=O)CCCCCSC1CCCCC1. The average molecular weight is 244 g/mol. The molecule has 94 valence electrons. The summed E-state index contributed by atoms with van der Waals surface area (Å²) in [5.41, 5.74) is 2.16. The van der Waals surface area contributed by atoms with E-state index in [9.17, 15) is 4.79 Å². The lowest BCUT2D eigenvalue weighted by Crippen LogP contribution is -2.29. The van der Waals surface area contributed by atoms with Crippen molar-refractivity contribution in [1.82, 2.24) is 5.43 Å². The van der Waals surface area contributed by atoms with Crippen molar-refractivity contribution in [2.75, 3.05) is 5.75 Å². The Morgan fingerprint density at radius 2 is 1.94 bits per heavy atom. The summed E-state index contributed by atoms with van der Waals surface area (Å²) in [6, 6.07) is 0. The number of nitrogens with two attached hydrogens (primary N) is 1. The zero-order valence-corrected chi connectivity index (χ0v) is 10.9. The molecule has 1 rings (SSSR count). The number of carbonyl (C=O) groups is 1. The number of hydrogen-bond donors (Lipinski definition) is 2. The number of rotatable bonds is 7. The zero-order valence-electron chi connectivity index (χ0n) is 10.0. The molecule has 1 amide bonds. The molecule has 0 radical (unpaired) electrons. The highest BCUT2D eigenvalue weighted by atomic mass is 32.2. The van der Waals surface area contributed by atoms with Gasteiger partial charge in [0.2, 0.25) is 5.91 Å². The number of carbonyl (C=O) groups excluding carboxylic acids is 1. The van der Waals surface area contributed by atoms with Gasteiger partial charge in [-0.25, -0.2) is 5.84 Å². The third-order valence-corrected chi connectivity index (χ3v) is 4.58. The molecular formula is C12H24N2OS. The average Bonchev–Trinajstić information content (AvgIpc) is 2.34. The molecule has 0 spiro atoms. The van der Waals surface area contributed by atoms with Crippen molar-refractivity contribution in [3.63, 3.8) is 0 Å². The summed E-state index contributed by atoms with van der Waals surface area (Å²) in [6.45, 7) is 0. The normalized spacial score (nSPS) is 17.3. The molecule has 0 aromatic rings. The fourth-order valence-electron chi connectivity index (χ4n) is 2.12. The summed E-state index contributed by atoms with van der Waals surface area (Å²) >= 11 is 2.14. The van der Waals surface area contributed by atoms with Gasteiger partial charge in [0, 0.05) is 11.7 Å². The van der Waals surface area contributed by atoms with Crippen molar-refractivity contribution in [1.29, 1.82) is 0 Å². The van der Waals surface area contributed by atoms with E-state index in [0.717, 1.165) is 18.1 Å². The predicted octanol–water partition coefficient (Wildman–Crippen LogP) is 2.60. The van der Waals surface area contributed by atoms with Gasteiger partial charge in [0.05, 0.1) is 0 Å². The molecule has 0 bridgehead atoms. The molecule has 16 heavy (non-hydrogen) atoms. The highest BCUT2D eigenvalue weighted by Crippen LogP contribution is 2.28. The smallest absolute Gasteiger partial charge is 0.233 e. The Labute approximate surface area is 103 Å². The van der Waals surface area contributed by atoms with Crippen LogP contribution in [0.25, 0.3) is 0 Å². The highest BCUT2D eigenvalue weighted by Gasteiger charge is 2.12. The zero-order chi connectivity index (χ0) is 11.6. The minimum absolute atomic E-state index is 0.0417. The summed E-state index contributed by atoms with van der Waals surface area (Å²) in [4.78, 5) is 10.9. The fraction of sp³-hybridized carbons (Fsp3) is 0.917. The van der Waals surface area contributed by atoms with E-state index in [1.54, 1.807) is 0 Å². The highest BCUT2D eigenvalue weighted by molar-refractivity contribution is 7.99. The van der Waals surface area contributed by atoms with Crippen molar-refractivity contribution in [2.24, 2.45) is 5.84 Å². The van der Waals surface area contributed by atoms with E-state index in [1.807, 2.05) is 0 Å². The van der Waals surface area contributed by atoms with Gasteiger partial charge in [-0.3, -0.25) is 10.2 Å². The summed E-state index contributed by atoms with van der Waals surface area (Å²) < 4.78 is 0. The molecule has 0 saturated heterocycles. The fourth-order valence-corrected chi connectivity index (χ4v) is 3.49. The topological polar surface area (TPSA) is 55.1 Å². The maximum Gasteiger partial charge on any atom is 0.233 e. The van der Waals surface area contributed by atoms with E-state index in [1.165, 1.54) is 44.3 Å². The Kier molecular flexibility index (Phi) is 7.68. The second-order valence-corrected chi connectivity index (χ2v) is 5.92. The van der Waals surface area contributed by atoms with Crippen LogP contribution in [0.4, 0.5) is 0 Å². The van der Waals surface area contributed by atoms with E-state index in [0.29, 0.717) is 6.42 Å². The Hall–Kier alpha value is -0.220. The van der Waals surface area contributed by atoms with Crippen LogP contribution in [0.2, 0.25) is 0 Å². The summed E-state index contributed by atoms with van der Waals surface area (Å²) in [7, 11) is 0. The molecule has 3 N–H and O–H groups in total. The maximum atomic E-state index is 10.9. The molecule has 0 aromatic carbocycles. The molecule has 1 aliphatic rings. The quantitative estimate of drug-likeness (QED) is 0.313. The number of hydrogen-bond acceptors (Lipinski definition) is 3. The van der Waals surface area contributed by atoms with Crippen LogP contribution in [0.3, 0.4) is 0 Å². The monoisotopic (exact) mass is 244 g/mol. The van der Waals surface area contributed by atoms with Gasteiger partial charge in [-0.05, 0) is 31.4 Å². The number of unbranched alkanes of at least 4 members (excludes halogenated alkanes) is 2. The van der Waals surface area contributed by atoms with Gasteiger partial charge in [-0.1, -0.05) is 25.7 Å². The Balaban J connectivity index is 1.85. The molecule has 0 heterocycles. The van der Waals surface area contributed by atoms with Crippen LogP contribution < -0.4 is 11.3 Å². The minimum Gasteiger partial charge on any atom is -0.294 e. The third-order valence-electron chi connectivity index (χ3n) is 3.11. The van der Waals surface area contributed by atoms with Crippen LogP contribution >= 0.6 is 11.8 Å². The van der Waals surface area contributed by atoms with E-state index < -0.39 is 0 Å². The Bertz CT molecular complexity index is 193. The first-order chi connectivity index (χ1) is 7.83. The van der Waals surface area contributed by atoms with Crippen molar-refractivity contribution >= 4 is 17.7 Å². The summed E-state index contributed by atoms with van der Waals surface area (Å²) in [5, 5.41) is 0.918. The first kappa shape index (κ1) is 13.8. The second kappa shape index (κ2) is 8.88. The lowest BCUT2D eigenvalue weighted by molar-refractivity contribution is -0.121. The largest absolute Gasteiger partial charge is 0.294 e. The van der Waals surface area contributed by atoms with Gasteiger partial charge >= 0.3 is 0 Å². The molecule has 0 unspecified atom stereocenters.